The van der Waals surface area contributed by atoms with Gasteiger partial charge >= 0.3 is 0 Å². The molecule has 0 aliphatic heterocycles. The number of hydrogen-bond acceptors (Lipinski definition) is 5. The Labute approximate surface area is 142 Å². The van der Waals surface area contributed by atoms with Gasteiger partial charge < -0.3 is 20.2 Å². The molecular formula is C18H17N3O4. The van der Waals surface area contributed by atoms with Crippen LogP contribution in [-0.2, 0) is 0 Å². The Hall–Kier alpha value is -3.35. The van der Waals surface area contributed by atoms with Crippen LogP contribution in [0.15, 0.2) is 46.2 Å². The minimum atomic E-state index is -0.796. The molecule has 0 spiro atoms. The first-order chi connectivity index (χ1) is 11.9. The Morgan fingerprint density at radius 1 is 1.04 bits per heavy atom. The zero-order chi connectivity index (χ0) is 18.1. The Kier molecular flexibility index (Phi) is 4.14. The Bertz CT molecular complexity index is 1010. The summed E-state index contributed by atoms with van der Waals surface area (Å²) in [5.74, 6) is -1.25. The number of H-pyrrole nitrogens is 2. The largest absolute Gasteiger partial charge is 0.507 e. The summed E-state index contributed by atoms with van der Waals surface area (Å²) < 4.78 is 0. The van der Waals surface area contributed by atoms with Crippen LogP contribution >= 0.6 is 0 Å². The number of nitrogens with zero attached hydrogens (tertiary/aromatic N) is 1. The fraction of sp³-hybridized carbons (Fsp3) is 0.167. The number of rotatable bonds is 3. The van der Waals surface area contributed by atoms with Crippen LogP contribution in [-0.4, -0.2) is 25.2 Å². The normalized spacial score (nSPS) is 12.1. The van der Waals surface area contributed by atoms with Crippen molar-refractivity contribution in [2.75, 3.05) is 0 Å². The molecule has 7 nitrogen and oxygen atoms in total. The van der Waals surface area contributed by atoms with E-state index in [1.54, 1.807) is 38.4 Å². The van der Waals surface area contributed by atoms with Gasteiger partial charge in [0.05, 0.1) is 11.5 Å². The summed E-state index contributed by atoms with van der Waals surface area (Å²) in [6.07, 6.45) is 3.13. The van der Waals surface area contributed by atoms with Gasteiger partial charge in [0.25, 0.3) is 11.1 Å². The summed E-state index contributed by atoms with van der Waals surface area (Å²) in [5, 5.41) is 20.8. The van der Waals surface area contributed by atoms with Crippen molar-refractivity contribution in [3.05, 3.63) is 85.4 Å². The number of pyridine rings is 3. The van der Waals surface area contributed by atoms with Gasteiger partial charge in [0.15, 0.2) is 0 Å². The summed E-state index contributed by atoms with van der Waals surface area (Å²) in [6.45, 7) is 3.28. The summed E-state index contributed by atoms with van der Waals surface area (Å²) in [4.78, 5) is 33.5. The highest BCUT2D eigenvalue weighted by molar-refractivity contribution is 5.52. The minimum Gasteiger partial charge on any atom is -0.507 e. The van der Waals surface area contributed by atoms with Gasteiger partial charge in [-0.3, -0.25) is 14.6 Å². The van der Waals surface area contributed by atoms with E-state index >= 15 is 0 Å². The van der Waals surface area contributed by atoms with Gasteiger partial charge in [-0.25, -0.2) is 0 Å². The maximum Gasteiger partial charge on any atom is 0.256 e. The van der Waals surface area contributed by atoms with E-state index in [-0.39, 0.29) is 17.1 Å². The molecule has 7 heteroatoms. The van der Waals surface area contributed by atoms with Crippen LogP contribution in [0.25, 0.3) is 0 Å². The van der Waals surface area contributed by atoms with E-state index in [2.05, 4.69) is 15.0 Å². The van der Waals surface area contributed by atoms with Crippen molar-refractivity contribution >= 4 is 0 Å². The summed E-state index contributed by atoms with van der Waals surface area (Å²) >= 11 is 0. The maximum atomic E-state index is 12.5. The van der Waals surface area contributed by atoms with Crippen molar-refractivity contribution < 1.29 is 10.2 Å². The van der Waals surface area contributed by atoms with Gasteiger partial charge in [-0.2, -0.15) is 0 Å². The quantitative estimate of drug-likeness (QED) is 0.579. The first-order valence-corrected chi connectivity index (χ1v) is 7.64. The van der Waals surface area contributed by atoms with E-state index in [9.17, 15) is 19.8 Å². The Balaban J connectivity index is 2.38. The lowest BCUT2D eigenvalue weighted by Crippen LogP contribution is -2.21. The Morgan fingerprint density at radius 3 is 2.36 bits per heavy atom. The molecule has 3 heterocycles. The van der Waals surface area contributed by atoms with Gasteiger partial charge in [0, 0.05) is 35.4 Å². The monoisotopic (exact) mass is 339 g/mol. The lowest BCUT2D eigenvalue weighted by molar-refractivity contribution is 0.454. The van der Waals surface area contributed by atoms with Crippen LogP contribution in [0.5, 0.6) is 11.5 Å². The molecule has 3 aromatic rings. The molecule has 0 radical (unpaired) electrons. The first kappa shape index (κ1) is 16.5. The summed E-state index contributed by atoms with van der Waals surface area (Å²) in [7, 11) is 0. The van der Waals surface area contributed by atoms with Crippen LogP contribution in [0.4, 0.5) is 0 Å². The van der Waals surface area contributed by atoms with Gasteiger partial charge in [0.1, 0.15) is 11.5 Å². The van der Waals surface area contributed by atoms with Crippen LogP contribution in [0, 0.1) is 13.8 Å². The van der Waals surface area contributed by atoms with Crippen LogP contribution in [0.3, 0.4) is 0 Å². The van der Waals surface area contributed by atoms with Crippen LogP contribution < -0.4 is 11.1 Å². The Morgan fingerprint density at radius 2 is 1.76 bits per heavy atom. The standard InChI is InChI=1S/C18H17N3O4/c1-9-6-12(22)17(18(25)20-9)16(11-4-3-5-19-8-11)15-10(2)21-14(24)7-13(15)23/h3-8,16H,1-2H3,(H2,20,22,25)(H2,21,23,24). The molecule has 0 aliphatic rings. The molecule has 0 amide bonds. The lowest BCUT2D eigenvalue weighted by Gasteiger charge is -2.21. The summed E-state index contributed by atoms with van der Waals surface area (Å²) in [6, 6.07) is 5.92. The molecule has 3 aromatic heterocycles. The number of aromatic nitrogens is 3. The first-order valence-electron chi connectivity index (χ1n) is 7.64. The van der Waals surface area contributed by atoms with Crippen molar-refractivity contribution in [3.63, 3.8) is 0 Å². The number of hydrogen-bond donors (Lipinski definition) is 4. The van der Waals surface area contributed by atoms with Crippen molar-refractivity contribution in [3.8, 4) is 11.5 Å². The van der Waals surface area contributed by atoms with E-state index in [4.69, 9.17) is 0 Å². The zero-order valence-corrected chi connectivity index (χ0v) is 13.7. The van der Waals surface area contributed by atoms with Gasteiger partial charge in [-0.15, -0.1) is 0 Å². The third-order valence-corrected chi connectivity index (χ3v) is 4.04. The molecule has 1 unspecified atom stereocenters. The number of aromatic hydroxyl groups is 2. The van der Waals surface area contributed by atoms with Crippen LogP contribution in [0.2, 0.25) is 0 Å². The second-order valence-electron chi connectivity index (χ2n) is 5.86. The number of nitrogens with one attached hydrogen (secondary N) is 2. The highest BCUT2D eigenvalue weighted by Gasteiger charge is 2.28. The fourth-order valence-corrected chi connectivity index (χ4v) is 3.03. The lowest BCUT2D eigenvalue weighted by atomic mass is 9.84. The van der Waals surface area contributed by atoms with Gasteiger partial charge in [0.2, 0.25) is 0 Å². The number of aromatic amines is 2. The topological polar surface area (TPSA) is 119 Å². The van der Waals surface area contributed by atoms with E-state index in [1.165, 1.54) is 6.07 Å². The van der Waals surface area contributed by atoms with Crippen molar-refractivity contribution in [2.45, 2.75) is 19.8 Å². The third kappa shape index (κ3) is 3.03. The SMILES string of the molecule is Cc1cc(O)c(C(c2cccnc2)c2c(O)cc(=O)[nH]c2C)c(=O)[nH]1. The maximum absolute atomic E-state index is 12.5. The third-order valence-electron chi connectivity index (χ3n) is 4.04. The predicted octanol–water partition coefficient (Wildman–Crippen LogP) is 1.67. The molecule has 0 saturated carbocycles. The van der Waals surface area contributed by atoms with Crippen molar-refractivity contribution in [1.82, 2.24) is 15.0 Å². The molecule has 25 heavy (non-hydrogen) atoms. The van der Waals surface area contributed by atoms with E-state index < -0.39 is 17.0 Å². The van der Waals surface area contributed by atoms with Crippen molar-refractivity contribution in [2.24, 2.45) is 0 Å². The second-order valence-corrected chi connectivity index (χ2v) is 5.86. The average molecular weight is 339 g/mol. The predicted molar refractivity (Wildman–Crippen MR) is 92.1 cm³/mol. The molecule has 3 rings (SSSR count). The molecule has 128 valence electrons. The molecule has 0 fully saturated rings. The molecule has 1 atom stereocenters. The summed E-state index contributed by atoms with van der Waals surface area (Å²) in [5.41, 5.74) is 0.984. The fourth-order valence-electron chi connectivity index (χ4n) is 3.03. The average Bonchev–Trinajstić information content (AvgIpc) is 2.52. The molecule has 0 saturated heterocycles. The van der Waals surface area contributed by atoms with Crippen LogP contribution in [0.1, 0.15) is 34.0 Å². The van der Waals surface area contributed by atoms with E-state index in [1.807, 2.05) is 0 Å². The van der Waals surface area contributed by atoms with Crippen molar-refractivity contribution in [1.29, 1.82) is 0 Å². The minimum absolute atomic E-state index is 0.0732. The zero-order valence-electron chi connectivity index (χ0n) is 13.7. The molecular weight excluding hydrogens is 322 g/mol. The number of aryl methyl sites for hydroxylation is 2. The molecule has 0 bridgehead atoms. The van der Waals surface area contributed by atoms with Gasteiger partial charge in [-0.1, -0.05) is 6.07 Å². The smallest absolute Gasteiger partial charge is 0.256 e. The van der Waals surface area contributed by atoms with Gasteiger partial charge in [-0.05, 0) is 31.5 Å². The molecule has 4 N–H and O–H groups in total. The van der Waals surface area contributed by atoms with E-state index in [0.717, 1.165) is 6.07 Å². The van der Waals surface area contributed by atoms with E-state index in [0.29, 0.717) is 22.5 Å². The molecule has 0 aliphatic carbocycles. The second kappa shape index (κ2) is 6.27. The molecule has 0 aromatic carbocycles. The highest BCUT2D eigenvalue weighted by Crippen LogP contribution is 2.39. The highest BCUT2D eigenvalue weighted by atomic mass is 16.3.